The lowest BCUT2D eigenvalue weighted by molar-refractivity contribution is 0.0687. The molecule has 0 bridgehead atoms. The molecule has 1 aromatic rings. The molecule has 116 valence electrons. The zero-order chi connectivity index (χ0) is 15.2. The van der Waals surface area contributed by atoms with Gasteiger partial charge < -0.3 is 15.4 Å². The van der Waals surface area contributed by atoms with E-state index in [-0.39, 0.29) is 12.0 Å². The third kappa shape index (κ3) is 4.46. The molecule has 1 fully saturated rings. The van der Waals surface area contributed by atoms with Crippen molar-refractivity contribution in [3.05, 3.63) is 29.8 Å². The van der Waals surface area contributed by atoms with Crippen molar-refractivity contribution >= 4 is 5.91 Å². The lowest BCUT2D eigenvalue weighted by Crippen LogP contribution is -2.38. The first-order valence-corrected chi connectivity index (χ1v) is 7.86. The van der Waals surface area contributed by atoms with E-state index < -0.39 is 0 Å². The predicted octanol–water partition coefficient (Wildman–Crippen LogP) is 2.67. The molecule has 0 spiro atoms. The number of amides is 1. The normalized spacial score (nSPS) is 16.3. The van der Waals surface area contributed by atoms with E-state index in [1.54, 1.807) is 0 Å². The number of carbonyl (C=O) groups excluding carboxylic acids is 1. The van der Waals surface area contributed by atoms with Crippen molar-refractivity contribution in [1.82, 2.24) is 4.90 Å². The number of hydrogen-bond acceptors (Lipinski definition) is 3. The van der Waals surface area contributed by atoms with Crippen molar-refractivity contribution < 1.29 is 9.53 Å². The van der Waals surface area contributed by atoms with Crippen molar-refractivity contribution in [3.63, 3.8) is 0 Å². The van der Waals surface area contributed by atoms with Crippen LogP contribution in [-0.2, 0) is 0 Å². The fraction of sp³-hybridized carbons (Fsp3) is 0.588. The van der Waals surface area contributed by atoms with Crippen LogP contribution >= 0.6 is 0 Å². The second kappa shape index (κ2) is 7.46. The SMILES string of the molecule is CC(C)Oc1cccc(C(=O)N2CCC(CCN)CC2)c1. The zero-order valence-electron chi connectivity index (χ0n) is 13.0. The molecule has 2 rings (SSSR count). The maximum Gasteiger partial charge on any atom is 0.253 e. The average Bonchev–Trinajstić information content (AvgIpc) is 2.47. The van der Waals surface area contributed by atoms with Gasteiger partial charge in [-0.15, -0.1) is 0 Å². The Balaban J connectivity index is 1.97. The summed E-state index contributed by atoms with van der Waals surface area (Å²) < 4.78 is 5.66. The highest BCUT2D eigenvalue weighted by Gasteiger charge is 2.23. The summed E-state index contributed by atoms with van der Waals surface area (Å²) in [6, 6.07) is 7.48. The molecule has 4 nitrogen and oxygen atoms in total. The van der Waals surface area contributed by atoms with Gasteiger partial charge in [-0.25, -0.2) is 0 Å². The highest BCUT2D eigenvalue weighted by Crippen LogP contribution is 2.22. The first kappa shape index (κ1) is 15.8. The molecule has 1 aliphatic rings. The van der Waals surface area contributed by atoms with Crippen LogP contribution in [0.4, 0.5) is 0 Å². The molecule has 1 aromatic carbocycles. The average molecular weight is 290 g/mol. The van der Waals surface area contributed by atoms with E-state index in [0.29, 0.717) is 11.5 Å². The number of nitrogens with zero attached hydrogens (tertiary/aromatic N) is 1. The Kier molecular flexibility index (Phi) is 5.62. The fourth-order valence-electron chi connectivity index (χ4n) is 2.82. The second-order valence-electron chi connectivity index (χ2n) is 6.01. The van der Waals surface area contributed by atoms with Gasteiger partial charge in [0, 0.05) is 18.7 Å². The molecule has 1 heterocycles. The van der Waals surface area contributed by atoms with Gasteiger partial charge in [0.1, 0.15) is 5.75 Å². The van der Waals surface area contributed by atoms with Gasteiger partial charge >= 0.3 is 0 Å². The molecule has 0 aromatic heterocycles. The summed E-state index contributed by atoms with van der Waals surface area (Å²) in [6.45, 7) is 6.37. The van der Waals surface area contributed by atoms with Crippen LogP contribution in [0.15, 0.2) is 24.3 Å². The number of benzene rings is 1. The number of likely N-dealkylation sites (tertiary alicyclic amines) is 1. The second-order valence-corrected chi connectivity index (χ2v) is 6.01. The van der Waals surface area contributed by atoms with Gasteiger partial charge in [-0.05, 0) is 63.8 Å². The van der Waals surface area contributed by atoms with Crippen molar-refractivity contribution in [1.29, 1.82) is 0 Å². The Morgan fingerprint density at radius 2 is 2.10 bits per heavy atom. The number of carbonyl (C=O) groups is 1. The van der Waals surface area contributed by atoms with Gasteiger partial charge in [0.15, 0.2) is 0 Å². The molecule has 1 saturated heterocycles. The Bertz CT molecular complexity index is 466. The third-order valence-corrected chi connectivity index (χ3v) is 3.93. The molecule has 0 unspecified atom stereocenters. The number of rotatable bonds is 5. The van der Waals surface area contributed by atoms with Crippen molar-refractivity contribution in [2.45, 2.75) is 39.2 Å². The van der Waals surface area contributed by atoms with Crippen LogP contribution in [0.25, 0.3) is 0 Å². The maximum atomic E-state index is 12.5. The van der Waals surface area contributed by atoms with Crippen LogP contribution < -0.4 is 10.5 Å². The van der Waals surface area contributed by atoms with Crippen LogP contribution in [0, 0.1) is 5.92 Å². The molecule has 0 atom stereocenters. The number of hydrogen-bond donors (Lipinski definition) is 1. The number of piperidine rings is 1. The van der Waals surface area contributed by atoms with Crippen LogP contribution in [0.3, 0.4) is 0 Å². The largest absolute Gasteiger partial charge is 0.491 e. The van der Waals surface area contributed by atoms with E-state index >= 15 is 0 Å². The summed E-state index contributed by atoms with van der Waals surface area (Å²) >= 11 is 0. The molecule has 4 heteroatoms. The van der Waals surface area contributed by atoms with E-state index in [1.165, 1.54) is 0 Å². The zero-order valence-corrected chi connectivity index (χ0v) is 13.0. The Labute approximate surface area is 127 Å². The maximum absolute atomic E-state index is 12.5. The van der Waals surface area contributed by atoms with Crippen LogP contribution in [0.5, 0.6) is 5.75 Å². The highest BCUT2D eigenvalue weighted by atomic mass is 16.5. The van der Waals surface area contributed by atoms with Crippen LogP contribution in [0.2, 0.25) is 0 Å². The smallest absolute Gasteiger partial charge is 0.253 e. The number of ether oxygens (including phenoxy) is 1. The molecular formula is C17H26N2O2. The predicted molar refractivity (Wildman–Crippen MR) is 84.5 cm³/mol. The Hall–Kier alpha value is -1.55. The molecule has 1 aliphatic heterocycles. The van der Waals surface area contributed by atoms with Gasteiger partial charge in [0.2, 0.25) is 0 Å². The summed E-state index contributed by atoms with van der Waals surface area (Å²) in [6.07, 6.45) is 3.30. The topological polar surface area (TPSA) is 55.6 Å². The summed E-state index contributed by atoms with van der Waals surface area (Å²) in [5, 5.41) is 0. The Morgan fingerprint density at radius 3 is 2.71 bits per heavy atom. The molecule has 1 amide bonds. The Morgan fingerprint density at radius 1 is 1.38 bits per heavy atom. The van der Waals surface area contributed by atoms with Gasteiger partial charge in [-0.1, -0.05) is 6.07 Å². The lowest BCUT2D eigenvalue weighted by atomic mass is 9.93. The van der Waals surface area contributed by atoms with Gasteiger partial charge in [0.05, 0.1) is 6.10 Å². The van der Waals surface area contributed by atoms with Gasteiger partial charge in [-0.2, -0.15) is 0 Å². The van der Waals surface area contributed by atoms with E-state index in [0.717, 1.165) is 44.6 Å². The summed E-state index contributed by atoms with van der Waals surface area (Å²) in [4.78, 5) is 14.5. The summed E-state index contributed by atoms with van der Waals surface area (Å²) in [7, 11) is 0. The van der Waals surface area contributed by atoms with E-state index in [1.807, 2.05) is 43.0 Å². The first-order chi connectivity index (χ1) is 10.1. The highest BCUT2D eigenvalue weighted by molar-refractivity contribution is 5.94. The minimum absolute atomic E-state index is 0.107. The standard InChI is InChI=1S/C17H26N2O2/c1-13(2)21-16-5-3-4-15(12-16)17(20)19-10-7-14(6-9-18)8-11-19/h3-5,12-14H,6-11,18H2,1-2H3. The first-order valence-electron chi connectivity index (χ1n) is 7.86. The van der Waals surface area contributed by atoms with E-state index in [4.69, 9.17) is 10.5 Å². The van der Waals surface area contributed by atoms with Crippen LogP contribution in [-0.4, -0.2) is 36.5 Å². The fourth-order valence-corrected chi connectivity index (χ4v) is 2.82. The quantitative estimate of drug-likeness (QED) is 0.907. The minimum Gasteiger partial charge on any atom is -0.491 e. The van der Waals surface area contributed by atoms with E-state index in [9.17, 15) is 4.79 Å². The van der Waals surface area contributed by atoms with Crippen molar-refractivity contribution in [2.24, 2.45) is 11.7 Å². The van der Waals surface area contributed by atoms with Gasteiger partial charge in [-0.3, -0.25) is 4.79 Å². The molecule has 2 N–H and O–H groups in total. The molecule has 0 saturated carbocycles. The monoisotopic (exact) mass is 290 g/mol. The molecule has 0 aliphatic carbocycles. The summed E-state index contributed by atoms with van der Waals surface area (Å²) in [5.41, 5.74) is 6.32. The molecule has 0 radical (unpaired) electrons. The van der Waals surface area contributed by atoms with Crippen LogP contribution in [0.1, 0.15) is 43.5 Å². The van der Waals surface area contributed by atoms with Crippen molar-refractivity contribution in [3.8, 4) is 5.75 Å². The molecular weight excluding hydrogens is 264 g/mol. The molecule has 21 heavy (non-hydrogen) atoms. The summed E-state index contributed by atoms with van der Waals surface area (Å²) in [5.74, 6) is 1.54. The van der Waals surface area contributed by atoms with Gasteiger partial charge in [0.25, 0.3) is 5.91 Å². The number of nitrogens with two attached hydrogens (primary N) is 1. The van der Waals surface area contributed by atoms with E-state index in [2.05, 4.69) is 0 Å². The minimum atomic E-state index is 0.107. The van der Waals surface area contributed by atoms with Crippen molar-refractivity contribution in [2.75, 3.05) is 19.6 Å². The lowest BCUT2D eigenvalue weighted by Gasteiger charge is -2.32. The third-order valence-electron chi connectivity index (χ3n) is 3.93.